The van der Waals surface area contributed by atoms with E-state index in [1.165, 1.54) is 36.9 Å². The average Bonchev–Trinajstić information content (AvgIpc) is 2.52. The van der Waals surface area contributed by atoms with Gasteiger partial charge in [-0.2, -0.15) is 0 Å². The molecule has 21 heavy (non-hydrogen) atoms. The first-order chi connectivity index (χ1) is 10.2. The van der Waals surface area contributed by atoms with Gasteiger partial charge in [-0.15, -0.1) is 0 Å². The van der Waals surface area contributed by atoms with Gasteiger partial charge < -0.3 is 4.74 Å². The maximum Gasteiger partial charge on any atom is 0.122 e. The lowest BCUT2D eigenvalue weighted by atomic mass is 9.83. The van der Waals surface area contributed by atoms with E-state index in [1.54, 1.807) is 23.8 Å². The van der Waals surface area contributed by atoms with Crippen molar-refractivity contribution < 1.29 is 4.74 Å². The van der Waals surface area contributed by atoms with Gasteiger partial charge in [0.05, 0.1) is 7.11 Å². The Hall–Kier alpha value is -1.28. The van der Waals surface area contributed by atoms with Crippen molar-refractivity contribution in [3.8, 4) is 5.75 Å². The van der Waals surface area contributed by atoms with Crippen LogP contribution in [-0.2, 0) is 12.8 Å². The monoisotopic (exact) mass is 285 g/mol. The second kappa shape index (κ2) is 5.84. The molecule has 3 rings (SSSR count). The van der Waals surface area contributed by atoms with Crippen LogP contribution in [0.2, 0.25) is 0 Å². The zero-order valence-corrected chi connectivity index (χ0v) is 13.8. The van der Waals surface area contributed by atoms with Crippen LogP contribution in [-0.4, -0.2) is 25.1 Å². The summed E-state index contributed by atoms with van der Waals surface area (Å²) in [5.74, 6) is 1.07. The van der Waals surface area contributed by atoms with Crippen LogP contribution in [0.25, 0.3) is 0 Å². The number of methoxy groups -OCH3 is 1. The molecule has 0 spiro atoms. The lowest BCUT2D eigenvalue weighted by Crippen LogP contribution is -2.39. The lowest BCUT2D eigenvalue weighted by Gasteiger charge is -2.42. The summed E-state index contributed by atoms with van der Waals surface area (Å²) < 4.78 is 5.62. The number of nitrogens with zero attached hydrogens (tertiary/aromatic N) is 1. The fraction of sp³-hybridized carbons (Fsp3) is 0.579. The topological polar surface area (TPSA) is 12.5 Å². The molecule has 0 saturated carbocycles. The molecule has 2 heterocycles. The molecular weight excluding hydrogens is 258 g/mol. The number of rotatable bonds is 3. The van der Waals surface area contributed by atoms with Crippen LogP contribution in [0.3, 0.4) is 0 Å². The summed E-state index contributed by atoms with van der Waals surface area (Å²) in [7, 11) is 1.79. The molecule has 0 bridgehead atoms. The van der Waals surface area contributed by atoms with Crippen molar-refractivity contribution in [1.82, 2.24) is 4.90 Å². The highest BCUT2D eigenvalue weighted by Crippen LogP contribution is 2.41. The van der Waals surface area contributed by atoms with E-state index < -0.39 is 0 Å². The van der Waals surface area contributed by atoms with Crippen molar-refractivity contribution in [3.63, 3.8) is 0 Å². The first-order valence-electron chi connectivity index (χ1n) is 8.29. The van der Waals surface area contributed by atoms with E-state index in [-0.39, 0.29) is 0 Å². The largest absolute Gasteiger partial charge is 0.496 e. The lowest BCUT2D eigenvalue weighted by molar-refractivity contribution is 0.184. The van der Waals surface area contributed by atoms with Crippen LogP contribution in [0.4, 0.5) is 0 Å². The smallest absolute Gasteiger partial charge is 0.122 e. The van der Waals surface area contributed by atoms with Crippen molar-refractivity contribution >= 4 is 0 Å². The van der Waals surface area contributed by atoms with Gasteiger partial charge in [-0.05, 0) is 55.4 Å². The van der Waals surface area contributed by atoms with E-state index in [1.807, 2.05) is 0 Å². The number of fused-ring (bicyclic) bond motifs is 3. The SMILES string of the molecule is CCC1=C(C)CC2c3cc(OC)c(CC)cc3CCN2C1. The zero-order chi connectivity index (χ0) is 15.0. The number of aryl methyl sites for hydroxylation is 1. The van der Waals surface area contributed by atoms with Crippen LogP contribution in [0.1, 0.15) is 56.3 Å². The van der Waals surface area contributed by atoms with E-state index in [0.29, 0.717) is 6.04 Å². The summed E-state index contributed by atoms with van der Waals surface area (Å²) in [6.45, 7) is 9.17. The highest BCUT2D eigenvalue weighted by atomic mass is 16.5. The normalized spacial score (nSPS) is 22.0. The van der Waals surface area contributed by atoms with Crippen molar-refractivity contribution in [3.05, 3.63) is 40.0 Å². The third-order valence-corrected chi connectivity index (χ3v) is 5.32. The Morgan fingerprint density at radius 1 is 1.24 bits per heavy atom. The fourth-order valence-electron chi connectivity index (χ4n) is 3.96. The molecule has 114 valence electrons. The van der Waals surface area contributed by atoms with Gasteiger partial charge >= 0.3 is 0 Å². The zero-order valence-electron chi connectivity index (χ0n) is 13.8. The van der Waals surface area contributed by atoms with Crippen LogP contribution >= 0.6 is 0 Å². The van der Waals surface area contributed by atoms with Gasteiger partial charge in [0, 0.05) is 19.1 Å². The summed E-state index contributed by atoms with van der Waals surface area (Å²) in [5.41, 5.74) is 7.64. The Kier molecular flexibility index (Phi) is 4.08. The Morgan fingerprint density at radius 3 is 2.71 bits per heavy atom. The number of ether oxygens (including phenoxy) is 1. The first-order valence-corrected chi connectivity index (χ1v) is 8.29. The Balaban J connectivity index is 2.01. The second-order valence-corrected chi connectivity index (χ2v) is 6.39. The molecule has 0 radical (unpaired) electrons. The molecule has 1 atom stereocenters. The van der Waals surface area contributed by atoms with E-state index in [0.717, 1.165) is 18.7 Å². The number of benzene rings is 1. The summed E-state index contributed by atoms with van der Waals surface area (Å²) in [4.78, 5) is 2.67. The Labute approximate surface area is 128 Å². The maximum absolute atomic E-state index is 5.62. The van der Waals surface area contributed by atoms with Crippen molar-refractivity contribution in [2.45, 2.75) is 52.5 Å². The molecule has 2 nitrogen and oxygen atoms in total. The van der Waals surface area contributed by atoms with Gasteiger partial charge in [0.25, 0.3) is 0 Å². The molecular formula is C19H27NO. The van der Waals surface area contributed by atoms with Crippen LogP contribution in [0.5, 0.6) is 5.75 Å². The molecule has 0 aliphatic carbocycles. The van der Waals surface area contributed by atoms with Crippen molar-refractivity contribution in [2.24, 2.45) is 0 Å². The maximum atomic E-state index is 5.62. The van der Waals surface area contributed by atoms with Crippen LogP contribution in [0.15, 0.2) is 23.3 Å². The van der Waals surface area contributed by atoms with Gasteiger partial charge in [-0.1, -0.05) is 31.1 Å². The Morgan fingerprint density at radius 2 is 2.05 bits per heavy atom. The Bertz CT molecular complexity index is 573. The average molecular weight is 285 g/mol. The molecule has 1 aromatic rings. The van der Waals surface area contributed by atoms with Crippen molar-refractivity contribution in [2.75, 3.05) is 20.2 Å². The van der Waals surface area contributed by atoms with Gasteiger partial charge in [-0.25, -0.2) is 0 Å². The van der Waals surface area contributed by atoms with Crippen LogP contribution < -0.4 is 4.74 Å². The molecule has 2 heteroatoms. The molecule has 0 aromatic heterocycles. The molecule has 0 amide bonds. The van der Waals surface area contributed by atoms with Gasteiger partial charge in [-0.3, -0.25) is 4.90 Å². The summed E-state index contributed by atoms with van der Waals surface area (Å²) in [5, 5.41) is 0. The molecule has 0 fully saturated rings. The number of hydrogen-bond acceptors (Lipinski definition) is 2. The first kappa shape index (κ1) is 14.6. The predicted octanol–water partition coefficient (Wildman–Crippen LogP) is 4.29. The minimum absolute atomic E-state index is 0.559. The second-order valence-electron chi connectivity index (χ2n) is 6.39. The molecule has 0 saturated heterocycles. The van der Waals surface area contributed by atoms with Gasteiger partial charge in [0.2, 0.25) is 0 Å². The summed E-state index contributed by atoms with van der Waals surface area (Å²) >= 11 is 0. The molecule has 1 aromatic carbocycles. The third-order valence-electron chi connectivity index (χ3n) is 5.32. The minimum atomic E-state index is 0.559. The van der Waals surface area contributed by atoms with E-state index in [4.69, 9.17) is 4.74 Å². The standard InChI is InChI=1S/C19H27NO/c1-5-14-10-16-7-8-20-12-15(6-2)13(3)9-18(20)17(16)11-19(14)21-4/h10-11,18H,5-9,12H2,1-4H3. The molecule has 2 aliphatic rings. The fourth-order valence-corrected chi connectivity index (χ4v) is 3.96. The molecule has 0 N–H and O–H groups in total. The summed E-state index contributed by atoms with van der Waals surface area (Å²) in [6, 6.07) is 5.26. The van der Waals surface area contributed by atoms with E-state index in [9.17, 15) is 0 Å². The number of hydrogen-bond donors (Lipinski definition) is 0. The summed E-state index contributed by atoms with van der Waals surface area (Å²) in [6.07, 6.45) is 4.60. The van der Waals surface area contributed by atoms with Crippen LogP contribution in [0, 0.1) is 0 Å². The molecule has 1 unspecified atom stereocenters. The van der Waals surface area contributed by atoms with Crippen molar-refractivity contribution in [1.29, 1.82) is 0 Å². The highest BCUT2D eigenvalue weighted by Gasteiger charge is 2.32. The quantitative estimate of drug-likeness (QED) is 0.768. The third kappa shape index (κ3) is 2.50. The predicted molar refractivity (Wildman–Crippen MR) is 88.0 cm³/mol. The molecule has 2 aliphatic heterocycles. The van der Waals surface area contributed by atoms with Gasteiger partial charge in [0.15, 0.2) is 0 Å². The van der Waals surface area contributed by atoms with Gasteiger partial charge in [0.1, 0.15) is 5.75 Å². The van der Waals surface area contributed by atoms with E-state index in [2.05, 4.69) is 37.8 Å². The minimum Gasteiger partial charge on any atom is -0.496 e. The van der Waals surface area contributed by atoms with E-state index >= 15 is 0 Å². The highest BCUT2D eigenvalue weighted by molar-refractivity contribution is 5.46.